The lowest BCUT2D eigenvalue weighted by molar-refractivity contribution is -0.147. The van der Waals surface area contributed by atoms with E-state index in [1.165, 1.54) is 0 Å². The normalized spacial score (nSPS) is 10.7. The van der Waals surface area contributed by atoms with Gasteiger partial charge >= 0.3 is 5.97 Å². The molecule has 0 spiro atoms. The van der Waals surface area contributed by atoms with Crippen molar-refractivity contribution in [2.24, 2.45) is 5.92 Å². The van der Waals surface area contributed by atoms with Gasteiger partial charge in [0.2, 0.25) is 0 Å². The molecule has 2 rings (SSSR count). The Morgan fingerprint density at radius 1 is 1.22 bits per heavy atom. The molecule has 0 saturated heterocycles. The fraction of sp³-hybridized carbons (Fsp3) is 0.389. The molecule has 0 saturated carbocycles. The van der Waals surface area contributed by atoms with Crippen LogP contribution in [0.5, 0.6) is 0 Å². The summed E-state index contributed by atoms with van der Waals surface area (Å²) in [4.78, 5) is 27.8. The highest BCUT2D eigenvalue weighted by atomic mass is 16.5. The molecule has 1 amide bonds. The molecule has 0 bridgehead atoms. The van der Waals surface area contributed by atoms with E-state index in [9.17, 15) is 9.59 Å². The topological polar surface area (TPSA) is 68.3 Å². The third kappa shape index (κ3) is 5.36. The number of hydrogen-bond acceptors (Lipinski definition) is 4. The summed E-state index contributed by atoms with van der Waals surface area (Å²) in [7, 11) is 0. The van der Waals surface area contributed by atoms with E-state index >= 15 is 0 Å². The molecule has 0 aliphatic heterocycles. The SMILES string of the molecule is CC(C)CCNC(=O)COC(=O)Cc1cccc2cccnc12. The Bertz CT molecular complexity index is 678. The largest absolute Gasteiger partial charge is 0.455 e. The maximum atomic E-state index is 11.9. The Kier molecular flexibility index (Phi) is 6.09. The average molecular weight is 314 g/mol. The Labute approximate surface area is 136 Å². The van der Waals surface area contributed by atoms with E-state index in [0.717, 1.165) is 22.9 Å². The van der Waals surface area contributed by atoms with Crippen molar-refractivity contribution in [3.63, 3.8) is 0 Å². The minimum Gasteiger partial charge on any atom is -0.455 e. The molecule has 0 atom stereocenters. The van der Waals surface area contributed by atoms with E-state index in [1.807, 2.05) is 30.3 Å². The first-order valence-corrected chi connectivity index (χ1v) is 7.81. The van der Waals surface area contributed by atoms with Gasteiger partial charge in [0.1, 0.15) is 0 Å². The van der Waals surface area contributed by atoms with Crippen LogP contribution in [0.3, 0.4) is 0 Å². The van der Waals surface area contributed by atoms with Crippen molar-refractivity contribution in [1.82, 2.24) is 10.3 Å². The molecule has 0 fully saturated rings. The number of para-hydroxylation sites is 1. The van der Waals surface area contributed by atoms with Gasteiger partial charge in [0, 0.05) is 18.1 Å². The van der Waals surface area contributed by atoms with E-state index in [4.69, 9.17) is 4.74 Å². The van der Waals surface area contributed by atoms with Gasteiger partial charge in [0.05, 0.1) is 11.9 Å². The van der Waals surface area contributed by atoms with Crippen molar-refractivity contribution in [3.8, 4) is 0 Å². The van der Waals surface area contributed by atoms with Crippen LogP contribution in [-0.2, 0) is 20.7 Å². The number of hydrogen-bond donors (Lipinski definition) is 1. The zero-order chi connectivity index (χ0) is 16.7. The molecule has 2 aromatic rings. The van der Waals surface area contributed by atoms with Crippen molar-refractivity contribution in [3.05, 3.63) is 42.1 Å². The van der Waals surface area contributed by atoms with E-state index in [0.29, 0.717) is 12.5 Å². The van der Waals surface area contributed by atoms with Gasteiger partial charge in [-0.15, -0.1) is 0 Å². The predicted molar refractivity (Wildman–Crippen MR) is 88.9 cm³/mol. The highest BCUT2D eigenvalue weighted by molar-refractivity contribution is 5.86. The molecule has 1 aromatic carbocycles. The number of nitrogens with one attached hydrogen (secondary N) is 1. The summed E-state index contributed by atoms with van der Waals surface area (Å²) in [6.07, 6.45) is 2.70. The van der Waals surface area contributed by atoms with Gasteiger partial charge in [-0.3, -0.25) is 14.6 Å². The van der Waals surface area contributed by atoms with Crippen LogP contribution in [0.25, 0.3) is 10.9 Å². The number of carbonyl (C=O) groups excluding carboxylic acids is 2. The number of rotatable bonds is 7. The second-order valence-electron chi connectivity index (χ2n) is 5.86. The van der Waals surface area contributed by atoms with Crippen molar-refractivity contribution in [2.75, 3.05) is 13.2 Å². The summed E-state index contributed by atoms with van der Waals surface area (Å²) in [5, 5.41) is 3.71. The smallest absolute Gasteiger partial charge is 0.310 e. The highest BCUT2D eigenvalue weighted by Crippen LogP contribution is 2.16. The van der Waals surface area contributed by atoms with Gasteiger partial charge in [-0.05, 0) is 24.0 Å². The summed E-state index contributed by atoms with van der Waals surface area (Å²) in [6.45, 7) is 4.53. The average Bonchev–Trinajstić information content (AvgIpc) is 2.53. The van der Waals surface area contributed by atoms with Crippen molar-refractivity contribution < 1.29 is 14.3 Å². The van der Waals surface area contributed by atoms with Crippen LogP contribution >= 0.6 is 0 Å². The summed E-state index contributed by atoms with van der Waals surface area (Å²) in [5.41, 5.74) is 1.58. The quantitative estimate of drug-likeness (QED) is 0.797. The van der Waals surface area contributed by atoms with Crippen molar-refractivity contribution in [2.45, 2.75) is 26.7 Å². The molecule has 5 nitrogen and oxygen atoms in total. The van der Waals surface area contributed by atoms with Crippen LogP contribution in [-0.4, -0.2) is 30.0 Å². The fourth-order valence-electron chi connectivity index (χ4n) is 2.21. The summed E-state index contributed by atoms with van der Waals surface area (Å²) in [6, 6.07) is 9.47. The Morgan fingerprint density at radius 3 is 2.78 bits per heavy atom. The van der Waals surface area contributed by atoms with Crippen LogP contribution in [0.2, 0.25) is 0 Å². The number of carbonyl (C=O) groups is 2. The van der Waals surface area contributed by atoms with E-state index in [-0.39, 0.29) is 18.9 Å². The zero-order valence-corrected chi connectivity index (χ0v) is 13.5. The van der Waals surface area contributed by atoms with Gasteiger partial charge in [-0.1, -0.05) is 38.1 Å². The van der Waals surface area contributed by atoms with Gasteiger partial charge in [0.15, 0.2) is 6.61 Å². The number of benzene rings is 1. The highest BCUT2D eigenvalue weighted by Gasteiger charge is 2.11. The lowest BCUT2D eigenvalue weighted by Crippen LogP contribution is -2.30. The molecule has 1 aromatic heterocycles. The summed E-state index contributed by atoms with van der Waals surface area (Å²) < 4.78 is 5.04. The third-order valence-corrected chi connectivity index (χ3v) is 3.46. The Hall–Kier alpha value is -2.43. The summed E-state index contributed by atoms with van der Waals surface area (Å²) >= 11 is 0. The van der Waals surface area contributed by atoms with E-state index < -0.39 is 5.97 Å². The summed E-state index contributed by atoms with van der Waals surface area (Å²) in [5.74, 6) is -0.172. The monoisotopic (exact) mass is 314 g/mol. The van der Waals surface area contributed by atoms with Crippen LogP contribution in [0, 0.1) is 5.92 Å². The van der Waals surface area contributed by atoms with E-state index in [2.05, 4.69) is 24.1 Å². The fourth-order valence-corrected chi connectivity index (χ4v) is 2.21. The predicted octanol–water partition coefficient (Wildman–Crippen LogP) is 2.48. The Balaban J connectivity index is 1.83. The first kappa shape index (κ1) is 16.9. The zero-order valence-electron chi connectivity index (χ0n) is 13.5. The molecule has 0 unspecified atom stereocenters. The molecule has 0 radical (unpaired) electrons. The lowest BCUT2D eigenvalue weighted by atomic mass is 10.1. The number of nitrogens with zero attached hydrogens (tertiary/aromatic N) is 1. The molecule has 5 heteroatoms. The minimum atomic E-state index is -0.429. The van der Waals surface area contributed by atoms with Crippen LogP contribution in [0.15, 0.2) is 36.5 Å². The maximum Gasteiger partial charge on any atom is 0.310 e. The third-order valence-electron chi connectivity index (χ3n) is 3.46. The standard InChI is InChI=1S/C18H22N2O3/c1-13(2)8-10-19-16(21)12-23-17(22)11-15-6-3-5-14-7-4-9-20-18(14)15/h3-7,9,13H,8,10-12H2,1-2H3,(H,19,21). The van der Waals surface area contributed by atoms with Crippen LogP contribution in [0.1, 0.15) is 25.8 Å². The minimum absolute atomic E-state index is 0.105. The van der Waals surface area contributed by atoms with Gasteiger partial charge in [0.25, 0.3) is 5.91 Å². The number of fused-ring (bicyclic) bond motifs is 1. The molecule has 122 valence electrons. The molecular formula is C18H22N2O3. The number of pyridine rings is 1. The number of amides is 1. The number of aromatic nitrogens is 1. The molecule has 0 aliphatic rings. The number of esters is 1. The lowest BCUT2D eigenvalue weighted by Gasteiger charge is -2.08. The molecule has 1 heterocycles. The molecule has 0 aliphatic carbocycles. The van der Waals surface area contributed by atoms with Gasteiger partial charge in [-0.25, -0.2) is 0 Å². The van der Waals surface area contributed by atoms with E-state index in [1.54, 1.807) is 6.20 Å². The number of ether oxygens (including phenoxy) is 1. The van der Waals surface area contributed by atoms with Crippen LogP contribution < -0.4 is 5.32 Å². The maximum absolute atomic E-state index is 11.9. The molecule has 23 heavy (non-hydrogen) atoms. The van der Waals surface area contributed by atoms with Crippen molar-refractivity contribution in [1.29, 1.82) is 0 Å². The van der Waals surface area contributed by atoms with Crippen molar-refractivity contribution >= 4 is 22.8 Å². The molecular weight excluding hydrogens is 292 g/mol. The first-order chi connectivity index (χ1) is 11.1. The molecule has 1 N–H and O–H groups in total. The van der Waals surface area contributed by atoms with Gasteiger partial charge < -0.3 is 10.1 Å². The van der Waals surface area contributed by atoms with Crippen LogP contribution in [0.4, 0.5) is 0 Å². The second kappa shape index (κ2) is 8.27. The first-order valence-electron chi connectivity index (χ1n) is 7.81. The van der Waals surface area contributed by atoms with Gasteiger partial charge in [-0.2, -0.15) is 0 Å². The Morgan fingerprint density at radius 2 is 2.00 bits per heavy atom. The second-order valence-corrected chi connectivity index (χ2v) is 5.86.